The maximum Gasteiger partial charge on any atom is 0.120 e. The summed E-state index contributed by atoms with van der Waals surface area (Å²) in [6, 6.07) is 6.65. The van der Waals surface area contributed by atoms with Crippen molar-refractivity contribution in [2.24, 2.45) is 5.92 Å². The van der Waals surface area contributed by atoms with Crippen LogP contribution in [0.4, 0.5) is 0 Å². The number of hydrogen-bond donors (Lipinski definition) is 0. The molecular weight excluding hydrogens is 256 g/mol. The molecule has 0 bridgehead atoms. The molecule has 0 radical (unpaired) electrons. The maximum atomic E-state index is 6.29. The summed E-state index contributed by atoms with van der Waals surface area (Å²) in [6.07, 6.45) is 4.44. The van der Waals surface area contributed by atoms with Crippen LogP contribution < -0.4 is 4.74 Å². The number of aryl methyl sites for hydroxylation is 1. The molecule has 0 spiro atoms. The summed E-state index contributed by atoms with van der Waals surface area (Å²) in [5, 5.41) is 0. The summed E-state index contributed by atoms with van der Waals surface area (Å²) in [4.78, 5) is 0. The predicted molar refractivity (Wildman–Crippen MR) is 95.3 cm³/mol. The molecule has 122 valence electrons. The molecule has 1 atom stereocenters. The minimum absolute atomic E-state index is 0.0301. The van der Waals surface area contributed by atoms with E-state index in [0.717, 1.165) is 31.4 Å². The topological polar surface area (TPSA) is 9.23 Å². The van der Waals surface area contributed by atoms with Gasteiger partial charge in [0.2, 0.25) is 0 Å². The number of rotatable bonds is 7. The van der Waals surface area contributed by atoms with Crippen molar-refractivity contribution in [1.82, 2.24) is 0 Å². The van der Waals surface area contributed by atoms with Gasteiger partial charge in [-0.15, -0.1) is 0 Å². The highest BCUT2D eigenvalue weighted by Crippen LogP contribution is 2.28. The highest BCUT2D eigenvalue weighted by Gasteiger charge is 2.23. The average molecular weight is 293 g/mol. The van der Waals surface area contributed by atoms with E-state index in [-0.39, 0.29) is 5.60 Å². The van der Waals surface area contributed by atoms with Crippen molar-refractivity contribution in [2.45, 2.75) is 86.7 Å². The quantitative estimate of drug-likeness (QED) is 0.552. The van der Waals surface area contributed by atoms with Gasteiger partial charge in [0.05, 0.1) is 0 Å². The fourth-order valence-electron chi connectivity index (χ4n) is 2.59. The third-order valence-corrected chi connectivity index (χ3v) is 3.65. The predicted octanol–water partition coefficient (Wildman–Crippen LogP) is 6.57. The molecule has 0 aliphatic rings. The van der Waals surface area contributed by atoms with Gasteiger partial charge in [0.25, 0.3) is 0 Å². The van der Waals surface area contributed by atoms with Crippen molar-refractivity contribution in [3.63, 3.8) is 0 Å². The lowest BCUT2D eigenvalue weighted by Gasteiger charge is -2.30. The zero-order valence-corrected chi connectivity index (χ0v) is 15.5. The molecule has 0 amide bonds. The Labute approximate surface area is 133 Å². The second-order valence-electron chi connectivity index (χ2n) is 6.41. The van der Waals surface area contributed by atoms with Crippen LogP contribution >= 0.6 is 0 Å². The number of ether oxygens (including phenoxy) is 1. The van der Waals surface area contributed by atoms with Gasteiger partial charge in [-0.3, -0.25) is 0 Å². The first kappa shape index (κ1) is 20.0. The molecule has 1 aromatic rings. The molecule has 0 N–H and O–H groups in total. The van der Waals surface area contributed by atoms with Gasteiger partial charge in [0.15, 0.2) is 0 Å². The Balaban J connectivity index is 0.00000191. The molecule has 1 aromatic carbocycles. The standard InChI is InChI=1S/C18H30O.C2H6/c1-7-9-18(6,8-2)19-17-12-15(5)11-16(13-17)10-14(3)4;1-2/h11-14H,7-10H2,1-6H3;1-2H3. The summed E-state index contributed by atoms with van der Waals surface area (Å²) in [7, 11) is 0. The monoisotopic (exact) mass is 292 g/mol. The molecule has 1 heteroatoms. The fourth-order valence-corrected chi connectivity index (χ4v) is 2.59. The van der Waals surface area contributed by atoms with Crippen molar-refractivity contribution < 1.29 is 4.74 Å². The molecule has 0 aliphatic heterocycles. The summed E-state index contributed by atoms with van der Waals surface area (Å²) >= 11 is 0. The lowest BCUT2D eigenvalue weighted by molar-refractivity contribution is 0.0739. The molecule has 1 unspecified atom stereocenters. The molecular formula is C20H36O. The summed E-state index contributed by atoms with van der Waals surface area (Å²) in [6.45, 7) is 17.3. The van der Waals surface area contributed by atoms with Crippen LogP contribution in [-0.2, 0) is 6.42 Å². The van der Waals surface area contributed by atoms with Gasteiger partial charge in [-0.2, -0.15) is 0 Å². The molecule has 0 saturated carbocycles. The van der Waals surface area contributed by atoms with Gasteiger partial charge in [0.1, 0.15) is 11.4 Å². The van der Waals surface area contributed by atoms with Crippen LogP contribution in [0.25, 0.3) is 0 Å². The number of benzene rings is 1. The van der Waals surface area contributed by atoms with E-state index in [9.17, 15) is 0 Å². The Morgan fingerprint density at radius 1 is 1.10 bits per heavy atom. The molecule has 0 fully saturated rings. The van der Waals surface area contributed by atoms with Gasteiger partial charge in [-0.05, 0) is 62.3 Å². The van der Waals surface area contributed by atoms with E-state index in [2.05, 4.69) is 59.7 Å². The molecule has 0 aromatic heterocycles. The van der Waals surface area contributed by atoms with E-state index in [1.54, 1.807) is 0 Å². The van der Waals surface area contributed by atoms with Crippen LogP contribution in [0.15, 0.2) is 18.2 Å². The first-order valence-corrected chi connectivity index (χ1v) is 8.68. The normalized spacial score (nSPS) is 13.4. The molecule has 1 nitrogen and oxygen atoms in total. The minimum atomic E-state index is -0.0301. The lowest BCUT2D eigenvalue weighted by Crippen LogP contribution is -2.31. The van der Waals surface area contributed by atoms with E-state index in [0.29, 0.717) is 5.92 Å². The van der Waals surface area contributed by atoms with Gasteiger partial charge in [-0.1, -0.05) is 54.0 Å². The molecule has 0 aliphatic carbocycles. The van der Waals surface area contributed by atoms with Crippen LogP contribution in [-0.4, -0.2) is 5.60 Å². The molecule has 1 rings (SSSR count). The van der Waals surface area contributed by atoms with Crippen LogP contribution in [0.5, 0.6) is 5.75 Å². The minimum Gasteiger partial charge on any atom is -0.488 e. The van der Waals surface area contributed by atoms with Crippen molar-refractivity contribution in [1.29, 1.82) is 0 Å². The zero-order valence-electron chi connectivity index (χ0n) is 15.5. The fraction of sp³-hybridized carbons (Fsp3) is 0.700. The van der Waals surface area contributed by atoms with Gasteiger partial charge in [0, 0.05) is 0 Å². The Morgan fingerprint density at radius 3 is 2.19 bits per heavy atom. The third-order valence-electron chi connectivity index (χ3n) is 3.65. The SMILES string of the molecule is CC.CCCC(C)(CC)Oc1cc(C)cc(CC(C)C)c1. The lowest BCUT2D eigenvalue weighted by atomic mass is 9.96. The van der Waals surface area contributed by atoms with Crippen LogP contribution in [0.2, 0.25) is 0 Å². The Bertz CT molecular complexity index is 395. The Kier molecular flexibility index (Phi) is 9.41. The van der Waals surface area contributed by atoms with Gasteiger partial charge < -0.3 is 4.74 Å². The molecule has 0 saturated heterocycles. The second-order valence-corrected chi connectivity index (χ2v) is 6.41. The highest BCUT2D eigenvalue weighted by atomic mass is 16.5. The van der Waals surface area contributed by atoms with Gasteiger partial charge >= 0.3 is 0 Å². The summed E-state index contributed by atoms with van der Waals surface area (Å²) in [5.41, 5.74) is 2.65. The van der Waals surface area contributed by atoms with E-state index in [1.807, 2.05) is 13.8 Å². The smallest absolute Gasteiger partial charge is 0.120 e. The zero-order chi connectivity index (χ0) is 16.5. The second kappa shape index (κ2) is 9.87. The van der Waals surface area contributed by atoms with Crippen molar-refractivity contribution in [3.05, 3.63) is 29.3 Å². The Morgan fingerprint density at radius 2 is 1.71 bits per heavy atom. The van der Waals surface area contributed by atoms with Crippen LogP contribution in [0.1, 0.15) is 78.9 Å². The van der Waals surface area contributed by atoms with Crippen molar-refractivity contribution in [2.75, 3.05) is 0 Å². The first-order valence-electron chi connectivity index (χ1n) is 8.68. The summed E-state index contributed by atoms with van der Waals surface area (Å²) < 4.78 is 6.29. The Hall–Kier alpha value is -0.980. The number of hydrogen-bond acceptors (Lipinski definition) is 1. The highest BCUT2D eigenvalue weighted by molar-refractivity contribution is 5.34. The first-order chi connectivity index (χ1) is 9.88. The average Bonchev–Trinajstić information content (AvgIpc) is 2.39. The van der Waals surface area contributed by atoms with Crippen LogP contribution in [0, 0.1) is 12.8 Å². The van der Waals surface area contributed by atoms with E-state index >= 15 is 0 Å². The van der Waals surface area contributed by atoms with E-state index < -0.39 is 0 Å². The third kappa shape index (κ3) is 7.55. The van der Waals surface area contributed by atoms with E-state index in [4.69, 9.17) is 4.74 Å². The maximum absolute atomic E-state index is 6.29. The van der Waals surface area contributed by atoms with E-state index in [1.165, 1.54) is 11.1 Å². The van der Waals surface area contributed by atoms with Crippen molar-refractivity contribution in [3.8, 4) is 5.75 Å². The molecule has 0 heterocycles. The van der Waals surface area contributed by atoms with Crippen LogP contribution in [0.3, 0.4) is 0 Å². The van der Waals surface area contributed by atoms with Crippen molar-refractivity contribution >= 4 is 0 Å². The summed E-state index contributed by atoms with van der Waals surface area (Å²) in [5.74, 6) is 1.72. The largest absolute Gasteiger partial charge is 0.488 e. The molecule has 21 heavy (non-hydrogen) atoms. The van der Waals surface area contributed by atoms with Gasteiger partial charge in [-0.25, -0.2) is 0 Å².